The van der Waals surface area contributed by atoms with Crippen LogP contribution in [0.5, 0.6) is 5.75 Å². The van der Waals surface area contributed by atoms with Gasteiger partial charge in [-0.2, -0.15) is 10.2 Å². The van der Waals surface area contributed by atoms with Gasteiger partial charge in [0.05, 0.1) is 24.6 Å². The van der Waals surface area contributed by atoms with Gasteiger partial charge in [-0.25, -0.2) is 9.50 Å². The van der Waals surface area contributed by atoms with Gasteiger partial charge in [0.1, 0.15) is 11.3 Å². The Balaban J connectivity index is 1.27. The van der Waals surface area contributed by atoms with Crippen molar-refractivity contribution < 1.29 is 9.47 Å². The van der Waals surface area contributed by atoms with Crippen molar-refractivity contribution in [3.05, 3.63) is 60.4 Å². The second-order valence-electron chi connectivity index (χ2n) is 7.45. The first kappa shape index (κ1) is 18.6. The van der Waals surface area contributed by atoms with Crippen LogP contribution in [0.15, 0.2) is 49.1 Å². The number of ether oxygens (including phenoxy) is 2. The Morgan fingerprint density at radius 1 is 1.27 bits per heavy atom. The largest absolute Gasteiger partial charge is 0.489 e. The third kappa shape index (κ3) is 3.84. The second-order valence-corrected chi connectivity index (χ2v) is 7.45. The average molecular weight is 405 g/mol. The first-order valence-corrected chi connectivity index (χ1v) is 9.99. The molecule has 5 rings (SSSR count). The molecular formula is C21H23N7O2. The SMILES string of the molecule is COCc1cc2c(Nc3cc([C@H]4CC[C@@H](Oc5cccnc5)C4)[nH]n3)nccn2n1. The van der Waals surface area contributed by atoms with E-state index in [0.717, 1.165) is 47.7 Å². The minimum atomic E-state index is 0.195. The van der Waals surface area contributed by atoms with Crippen LogP contribution >= 0.6 is 0 Å². The van der Waals surface area contributed by atoms with Crippen molar-refractivity contribution in [1.29, 1.82) is 0 Å². The van der Waals surface area contributed by atoms with Gasteiger partial charge in [-0.1, -0.05) is 0 Å². The summed E-state index contributed by atoms with van der Waals surface area (Å²) in [7, 11) is 1.65. The van der Waals surface area contributed by atoms with E-state index >= 15 is 0 Å². The standard InChI is InChI=1S/C21H23N7O2/c1-29-13-15-10-19-21(23-7-8-28(19)27-15)24-20-11-18(25-26-20)14-4-5-16(9-14)30-17-3-2-6-22-12-17/h2-3,6-8,10-12,14,16H,4-5,9,13H2,1H3,(H2,23,24,25,26)/t14-,16+/m0/s1. The van der Waals surface area contributed by atoms with Gasteiger partial charge < -0.3 is 14.8 Å². The maximum absolute atomic E-state index is 6.06. The Hall–Kier alpha value is -3.46. The lowest BCUT2D eigenvalue weighted by Crippen LogP contribution is -2.12. The molecule has 0 aromatic carbocycles. The number of rotatable bonds is 7. The molecule has 30 heavy (non-hydrogen) atoms. The van der Waals surface area contributed by atoms with E-state index in [1.807, 2.05) is 24.4 Å². The zero-order valence-corrected chi connectivity index (χ0v) is 16.7. The molecule has 1 aliphatic rings. The topological polar surface area (TPSA) is 102 Å². The van der Waals surface area contributed by atoms with Crippen LogP contribution in [0.1, 0.15) is 36.6 Å². The molecule has 0 spiro atoms. The highest BCUT2D eigenvalue weighted by Gasteiger charge is 2.28. The Morgan fingerprint density at radius 3 is 3.10 bits per heavy atom. The third-order valence-corrected chi connectivity index (χ3v) is 5.34. The van der Waals surface area contributed by atoms with E-state index in [0.29, 0.717) is 18.3 Å². The van der Waals surface area contributed by atoms with E-state index in [4.69, 9.17) is 9.47 Å². The van der Waals surface area contributed by atoms with Gasteiger partial charge >= 0.3 is 0 Å². The normalized spacial score (nSPS) is 18.7. The van der Waals surface area contributed by atoms with Gasteiger partial charge in [0.15, 0.2) is 11.6 Å². The number of H-pyrrole nitrogens is 1. The summed E-state index contributed by atoms with van der Waals surface area (Å²) in [6.07, 6.45) is 10.3. The molecule has 0 saturated heterocycles. The lowest BCUT2D eigenvalue weighted by molar-refractivity contribution is 0.181. The molecule has 4 heterocycles. The summed E-state index contributed by atoms with van der Waals surface area (Å²) in [5, 5.41) is 15.4. The fourth-order valence-electron chi connectivity index (χ4n) is 3.96. The number of methoxy groups -OCH3 is 1. The van der Waals surface area contributed by atoms with E-state index in [2.05, 4.69) is 36.6 Å². The molecular weight excluding hydrogens is 382 g/mol. The van der Waals surface area contributed by atoms with Gasteiger partial charge in [0, 0.05) is 43.4 Å². The maximum atomic E-state index is 6.06. The number of hydrogen-bond donors (Lipinski definition) is 2. The smallest absolute Gasteiger partial charge is 0.157 e. The number of aromatic amines is 1. The highest BCUT2D eigenvalue weighted by molar-refractivity contribution is 5.72. The fraction of sp³-hybridized carbons (Fsp3) is 0.333. The fourth-order valence-corrected chi connectivity index (χ4v) is 3.96. The van der Waals surface area contributed by atoms with Crippen LogP contribution in [0.3, 0.4) is 0 Å². The van der Waals surface area contributed by atoms with E-state index in [-0.39, 0.29) is 6.10 Å². The third-order valence-electron chi connectivity index (χ3n) is 5.34. The first-order chi connectivity index (χ1) is 14.8. The van der Waals surface area contributed by atoms with Crippen LogP contribution < -0.4 is 10.1 Å². The van der Waals surface area contributed by atoms with E-state index < -0.39 is 0 Å². The van der Waals surface area contributed by atoms with Gasteiger partial charge in [-0.15, -0.1) is 0 Å². The average Bonchev–Trinajstić information content (AvgIpc) is 3.49. The molecule has 1 aliphatic carbocycles. The zero-order valence-electron chi connectivity index (χ0n) is 16.7. The van der Waals surface area contributed by atoms with Crippen molar-refractivity contribution in [1.82, 2.24) is 29.8 Å². The van der Waals surface area contributed by atoms with Crippen molar-refractivity contribution >= 4 is 17.2 Å². The van der Waals surface area contributed by atoms with E-state index in [1.54, 1.807) is 30.2 Å². The molecule has 9 nitrogen and oxygen atoms in total. The molecule has 4 aromatic rings. The Bertz CT molecular complexity index is 1120. The number of pyridine rings is 1. The lowest BCUT2D eigenvalue weighted by atomic mass is 10.0. The van der Waals surface area contributed by atoms with Crippen LogP contribution in [-0.4, -0.2) is 43.0 Å². The van der Waals surface area contributed by atoms with Gasteiger partial charge in [0.2, 0.25) is 0 Å². The Labute approximate surface area is 173 Å². The van der Waals surface area contributed by atoms with E-state index in [1.165, 1.54) is 0 Å². The molecule has 0 radical (unpaired) electrons. The number of aromatic nitrogens is 6. The van der Waals surface area contributed by atoms with Gasteiger partial charge in [-0.05, 0) is 37.5 Å². The van der Waals surface area contributed by atoms with Gasteiger partial charge in [0.25, 0.3) is 0 Å². The Morgan fingerprint density at radius 2 is 2.23 bits per heavy atom. The number of nitrogens with zero attached hydrogens (tertiary/aromatic N) is 5. The zero-order chi connectivity index (χ0) is 20.3. The summed E-state index contributed by atoms with van der Waals surface area (Å²) < 4.78 is 13.0. The highest BCUT2D eigenvalue weighted by Crippen LogP contribution is 2.36. The molecule has 2 atom stereocenters. The second kappa shape index (κ2) is 8.11. The molecule has 0 aliphatic heterocycles. The maximum Gasteiger partial charge on any atom is 0.157 e. The summed E-state index contributed by atoms with van der Waals surface area (Å²) in [5.41, 5.74) is 2.83. The van der Waals surface area contributed by atoms with Crippen LogP contribution in [0, 0.1) is 0 Å². The number of hydrogen-bond acceptors (Lipinski definition) is 7. The predicted molar refractivity (Wildman–Crippen MR) is 111 cm³/mol. The molecule has 2 N–H and O–H groups in total. The molecule has 0 unspecified atom stereocenters. The molecule has 4 aromatic heterocycles. The van der Waals surface area contributed by atoms with Crippen molar-refractivity contribution in [2.45, 2.75) is 37.9 Å². The molecule has 1 saturated carbocycles. The summed E-state index contributed by atoms with van der Waals surface area (Å²) in [6.45, 7) is 0.456. The molecule has 1 fully saturated rings. The minimum Gasteiger partial charge on any atom is -0.489 e. The minimum absolute atomic E-state index is 0.195. The number of nitrogens with one attached hydrogen (secondary N) is 2. The summed E-state index contributed by atoms with van der Waals surface area (Å²) in [6, 6.07) is 7.85. The van der Waals surface area contributed by atoms with Crippen molar-refractivity contribution in [2.75, 3.05) is 12.4 Å². The lowest BCUT2D eigenvalue weighted by Gasteiger charge is -2.13. The monoisotopic (exact) mass is 405 g/mol. The molecule has 0 bridgehead atoms. The summed E-state index contributed by atoms with van der Waals surface area (Å²) in [5.74, 6) is 2.65. The van der Waals surface area contributed by atoms with E-state index in [9.17, 15) is 0 Å². The molecule has 9 heteroatoms. The van der Waals surface area contributed by atoms with Gasteiger partial charge in [-0.3, -0.25) is 10.1 Å². The first-order valence-electron chi connectivity index (χ1n) is 9.99. The summed E-state index contributed by atoms with van der Waals surface area (Å²) >= 11 is 0. The van der Waals surface area contributed by atoms with Crippen LogP contribution in [0.2, 0.25) is 0 Å². The van der Waals surface area contributed by atoms with Crippen LogP contribution in [0.25, 0.3) is 5.52 Å². The number of anilines is 2. The van der Waals surface area contributed by atoms with Crippen molar-refractivity contribution in [2.24, 2.45) is 0 Å². The quantitative estimate of drug-likeness (QED) is 0.485. The van der Waals surface area contributed by atoms with Crippen molar-refractivity contribution in [3.63, 3.8) is 0 Å². The predicted octanol–water partition coefficient (Wildman–Crippen LogP) is 3.45. The molecule has 154 valence electrons. The highest BCUT2D eigenvalue weighted by atomic mass is 16.5. The number of fused-ring (bicyclic) bond motifs is 1. The van der Waals surface area contributed by atoms with Crippen molar-refractivity contribution in [3.8, 4) is 5.75 Å². The van der Waals surface area contributed by atoms with Crippen LogP contribution in [-0.2, 0) is 11.3 Å². The van der Waals surface area contributed by atoms with Crippen LogP contribution in [0.4, 0.5) is 11.6 Å². The molecule has 0 amide bonds. The Kier molecular flexibility index (Phi) is 5.02. The summed E-state index contributed by atoms with van der Waals surface area (Å²) in [4.78, 5) is 8.56.